The van der Waals surface area contributed by atoms with Crippen LogP contribution in [0.5, 0.6) is 5.75 Å². The second kappa shape index (κ2) is 12.8. The number of carbonyl (C=O) groups is 2. The van der Waals surface area contributed by atoms with Gasteiger partial charge in [0, 0.05) is 33.9 Å². The second-order valence-corrected chi connectivity index (χ2v) is 15.4. The molecular weight excluding hydrogens is 665 g/mol. The summed E-state index contributed by atoms with van der Waals surface area (Å²) in [4.78, 5) is 34.9. The SMILES string of the molecule is COC(=O)NC(C(=O)N1CCCC1C1N=C(c2cc(F)c3c(c2)OC(c2ccc(C4CCC4)s2)n2c-3cc3cc(Cl)ccc32)CN1)C(C)C. The average Bonchev–Trinajstić information content (AvgIpc) is 3.87. The van der Waals surface area contributed by atoms with Crippen molar-refractivity contribution < 1.29 is 23.5 Å². The molecule has 2 N–H and O–H groups in total. The molecule has 1 aliphatic carbocycles. The molecule has 256 valence electrons. The highest BCUT2D eigenvalue weighted by atomic mass is 35.5. The lowest BCUT2D eigenvalue weighted by Gasteiger charge is -2.32. The van der Waals surface area contributed by atoms with Crippen LogP contribution in [0.3, 0.4) is 0 Å². The number of methoxy groups -OCH3 is 1. The number of alkyl carbamates (subject to hydrolysis) is 1. The van der Waals surface area contributed by atoms with E-state index in [1.807, 2.05) is 49.1 Å². The summed E-state index contributed by atoms with van der Waals surface area (Å²) in [5.41, 5.74) is 3.44. The van der Waals surface area contributed by atoms with E-state index < -0.39 is 18.4 Å². The zero-order valence-corrected chi connectivity index (χ0v) is 29.2. The molecule has 0 bridgehead atoms. The van der Waals surface area contributed by atoms with E-state index >= 15 is 4.39 Å². The number of rotatable bonds is 7. The standard InChI is InChI=1S/C37H39ClFN5O4S/c1-19(2)33(42-37(46)47-3)35(45)43-13-5-8-27(43)34-40-18-25(41-34)21-15-24(39)32-28-16-22-14-23(38)9-10-26(22)44(28)36(48-29(32)17-21)31-12-11-30(49-31)20-6-4-7-20/h9-12,14-17,19-20,27,33-34,36,40H,4-8,13,18H2,1-3H3,(H,42,46). The number of carbonyl (C=O) groups excluding carboxylic acids is 2. The van der Waals surface area contributed by atoms with Crippen LogP contribution in [0.2, 0.25) is 5.02 Å². The molecule has 0 radical (unpaired) electrons. The van der Waals surface area contributed by atoms with Crippen molar-refractivity contribution in [3.05, 3.63) is 74.7 Å². The van der Waals surface area contributed by atoms with Crippen molar-refractivity contribution in [2.75, 3.05) is 20.2 Å². The maximum Gasteiger partial charge on any atom is 0.407 e. The lowest BCUT2D eigenvalue weighted by molar-refractivity contribution is -0.135. The van der Waals surface area contributed by atoms with Crippen molar-refractivity contribution in [1.29, 1.82) is 0 Å². The number of nitrogens with one attached hydrogen (secondary N) is 2. The third kappa shape index (κ3) is 5.69. The van der Waals surface area contributed by atoms with E-state index in [-0.39, 0.29) is 29.8 Å². The predicted molar refractivity (Wildman–Crippen MR) is 189 cm³/mol. The van der Waals surface area contributed by atoms with Crippen molar-refractivity contribution in [3.63, 3.8) is 0 Å². The fourth-order valence-electron chi connectivity index (χ4n) is 7.64. The smallest absolute Gasteiger partial charge is 0.407 e. The molecule has 8 rings (SSSR count). The number of amides is 2. The van der Waals surface area contributed by atoms with Crippen molar-refractivity contribution in [2.24, 2.45) is 10.9 Å². The Balaban J connectivity index is 1.12. The summed E-state index contributed by atoms with van der Waals surface area (Å²) in [5.74, 6) is 0.404. The molecule has 4 unspecified atom stereocenters. The van der Waals surface area contributed by atoms with Crippen molar-refractivity contribution in [1.82, 2.24) is 20.1 Å². The van der Waals surface area contributed by atoms with Gasteiger partial charge in [-0.2, -0.15) is 0 Å². The normalized spacial score (nSPS) is 22.4. The van der Waals surface area contributed by atoms with Crippen LogP contribution in [0.4, 0.5) is 9.18 Å². The first kappa shape index (κ1) is 32.3. The molecule has 49 heavy (non-hydrogen) atoms. The minimum Gasteiger partial charge on any atom is -0.464 e. The van der Waals surface area contributed by atoms with Crippen LogP contribution < -0.4 is 15.4 Å². The minimum absolute atomic E-state index is 0.125. The average molecular weight is 704 g/mol. The largest absolute Gasteiger partial charge is 0.464 e. The number of ether oxygens (including phenoxy) is 2. The van der Waals surface area contributed by atoms with Gasteiger partial charge in [0.05, 0.1) is 40.5 Å². The van der Waals surface area contributed by atoms with E-state index in [2.05, 4.69) is 27.3 Å². The number of hydrogen-bond acceptors (Lipinski definition) is 7. The maximum absolute atomic E-state index is 16.3. The third-order valence-electron chi connectivity index (χ3n) is 10.4. The molecular formula is C37H39ClFN5O4S. The Morgan fingerprint density at radius 2 is 1.92 bits per heavy atom. The summed E-state index contributed by atoms with van der Waals surface area (Å²) in [5, 5.41) is 7.70. The first-order valence-corrected chi connectivity index (χ1v) is 18.3. The van der Waals surface area contributed by atoms with Crippen LogP contribution in [0.1, 0.15) is 73.4 Å². The molecule has 4 aliphatic rings. The Hall–Kier alpha value is -3.93. The summed E-state index contributed by atoms with van der Waals surface area (Å²) in [6.07, 6.45) is 3.83. The Morgan fingerprint density at radius 1 is 1.10 bits per heavy atom. The molecule has 2 fully saturated rings. The van der Waals surface area contributed by atoms with Crippen LogP contribution in [0, 0.1) is 11.7 Å². The minimum atomic E-state index is -0.711. The van der Waals surface area contributed by atoms with Crippen molar-refractivity contribution >= 4 is 51.6 Å². The van der Waals surface area contributed by atoms with Gasteiger partial charge in [-0.05, 0) is 86.1 Å². The van der Waals surface area contributed by atoms with E-state index in [1.165, 1.54) is 37.3 Å². The van der Waals surface area contributed by atoms with Gasteiger partial charge in [0.15, 0.2) is 0 Å². The number of aromatic nitrogens is 1. The number of aliphatic imine (C=N–C) groups is 1. The third-order valence-corrected chi connectivity index (χ3v) is 11.9. The van der Waals surface area contributed by atoms with Crippen LogP contribution in [0.15, 0.2) is 53.5 Å². The van der Waals surface area contributed by atoms with Gasteiger partial charge in [0.25, 0.3) is 0 Å². The number of nitrogens with zero attached hydrogens (tertiary/aromatic N) is 3. The molecule has 5 heterocycles. The van der Waals surface area contributed by atoms with Crippen LogP contribution >= 0.6 is 22.9 Å². The lowest BCUT2D eigenvalue weighted by Crippen LogP contribution is -2.55. The van der Waals surface area contributed by atoms with Gasteiger partial charge in [-0.3, -0.25) is 19.7 Å². The predicted octanol–water partition coefficient (Wildman–Crippen LogP) is 7.46. The quantitative estimate of drug-likeness (QED) is 0.208. The summed E-state index contributed by atoms with van der Waals surface area (Å²) >= 11 is 8.16. The molecule has 4 aromatic rings. The van der Waals surface area contributed by atoms with Crippen molar-refractivity contribution in [3.8, 4) is 17.0 Å². The van der Waals surface area contributed by atoms with Gasteiger partial charge in [0.1, 0.15) is 23.8 Å². The molecule has 2 aromatic heterocycles. The summed E-state index contributed by atoms with van der Waals surface area (Å²) < 4.78 is 30.0. The number of benzene rings is 2. The van der Waals surface area contributed by atoms with Crippen LogP contribution in [0.25, 0.3) is 22.2 Å². The number of fused-ring (bicyclic) bond motifs is 5. The van der Waals surface area contributed by atoms with Crippen LogP contribution in [-0.2, 0) is 9.53 Å². The van der Waals surface area contributed by atoms with Gasteiger partial charge in [-0.25, -0.2) is 9.18 Å². The summed E-state index contributed by atoms with van der Waals surface area (Å²) in [7, 11) is 1.28. The molecule has 9 nitrogen and oxygen atoms in total. The van der Waals surface area contributed by atoms with Crippen molar-refractivity contribution in [2.45, 2.75) is 76.3 Å². The summed E-state index contributed by atoms with van der Waals surface area (Å²) in [6.45, 7) is 4.79. The highest BCUT2D eigenvalue weighted by molar-refractivity contribution is 7.12. The first-order valence-electron chi connectivity index (χ1n) is 17.1. The van der Waals surface area contributed by atoms with Gasteiger partial charge in [0.2, 0.25) is 12.1 Å². The van der Waals surface area contributed by atoms with Gasteiger partial charge >= 0.3 is 6.09 Å². The number of hydrogen-bond donors (Lipinski definition) is 2. The molecule has 1 saturated carbocycles. The molecule has 4 atom stereocenters. The number of likely N-dealkylation sites (tertiary alicyclic amines) is 1. The Kier molecular flexibility index (Phi) is 8.40. The van der Waals surface area contributed by atoms with E-state index in [0.29, 0.717) is 46.6 Å². The van der Waals surface area contributed by atoms with Crippen LogP contribution in [-0.4, -0.2) is 65.6 Å². The van der Waals surface area contributed by atoms with Gasteiger partial charge in [-0.15, -0.1) is 11.3 Å². The Bertz CT molecular complexity index is 1990. The molecule has 2 aromatic carbocycles. The van der Waals surface area contributed by atoms with E-state index in [1.54, 1.807) is 11.3 Å². The van der Waals surface area contributed by atoms with E-state index in [0.717, 1.165) is 34.3 Å². The topological polar surface area (TPSA) is 97.2 Å². The molecule has 1 saturated heterocycles. The van der Waals surface area contributed by atoms with Gasteiger partial charge in [-0.1, -0.05) is 31.9 Å². The zero-order chi connectivity index (χ0) is 34.0. The number of thiophene rings is 1. The highest BCUT2D eigenvalue weighted by Crippen LogP contribution is 2.48. The Morgan fingerprint density at radius 3 is 2.67 bits per heavy atom. The lowest BCUT2D eigenvalue weighted by atomic mass is 9.84. The van der Waals surface area contributed by atoms with E-state index in [4.69, 9.17) is 26.1 Å². The highest BCUT2D eigenvalue weighted by Gasteiger charge is 2.41. The fourth-order valence-corrected chi connectivity index (χ4v) is 9.03. The zero-order valence-electron chi connectivity index (χ0n) is 27.7. The van der Waals surface area contributed by atoms with Gasteiger partial charge < -0.3 is 19.7 Å². The number of halogens is 2. The second-order valence-electron chi connectivity index (χ2n) is 13.8. The summed E-state index contributed by atoms with van der Waals surface area (Å²) in [6, 6.07) is 14.6. The first-order chi connectivity index (χ1) is 23.7. The monoisotopic (exact) mass is 703 g/mol. The molecule has 3 aliphatic heterocycles. The molecule has 0 spiro atoms. The maximum atomic E-state index is 16.3. The van der Waals surface area contributed by atoms with E-state index in [9.17, 15) is 9.59 Å². The molecule has 2 amide bonds. The molecule has 12 heteroatoms. The fraction of sp³-hybridized carbons (Fsp3) is 0.432. The Labute approximate surface area is 293 Å².